The Balaban J connectivity index is 1.95. The molecule has 0 aliphatic carbocycles. The van der Waals surface area contributed by atoms with E-state index in [2.05, 4.69) is 25.1 Å². The molecule has 2 N–H and O–H groups in total. The third kappa shape index (κ3) is 2.30. The quantitative estimate of drug-likeness (QED) is 0.716. The summed E-state index contributed by atoms with van der Waals surface area (Å²) in [5.41, 5.74) is 0.548. The van der Waals surface area contributed by atoms with Crippen LogP contribution in [0.15, 0.2) is 35.5 Å². The van der Waals surface area contributed by atoms with E-state index in [-0.39, 0.29) is 5.69 Å². The van der Waals surface area contributed by atoms with Gasteiger partial charge < -0.3 is 9.30 Å². The summed E-state index contributed by atoms with van der Waals surface area (Å²) in [6, 6.07) is 3.64. The second-order valence-electron chi connectivity index (χ2n) is 4.09. The normalized spacial score (nSPS) is 10.7. The molecule has 0 saturated carbocycles. The highest BCUT2D eigenvalue weighted by Gasteiger charge is 2.09. The molecule has 3 aromatic rings. The first-order valence-electron chi connectivity index (χ1n) is 5.91. The summed E-state index contributed by atoms with van der Waals surface area (Å²) in [5, 5.41) is 6.21. The van der Waals surface area contributed by atoms with Crippen molar-refractivity contribution in [1.29, 1.82) is 0 Å². The van der Waals surface area contributed by atoms with Crippen molar-refractivity contribution in [3.8, 4) is 17.3 Å². The van der Waals surface area contributed by atoms with Gasteiger partial charge in [0, 0.05) is 30.2 Å². The molecule has 0 spiro atoms. The Kier molecular flexibility index (Phi) is 3.04. The van der Waals surface area contributed by atoms with Crippen molar-refractivity contribution in [1.82, 2.24) is 29.7 Å². The monoisotopic (exact) mass is 272 g/mol. The highest BCUT2D eigenvalue weighted by atomic mass is 16.5. The van der Waals surface area contributed by atoms with E-state index in [0.29, 0.717) is 18.2 Å². The molecular formula is C12H12N6O2. The SMILES string of the molecule is COc1cc(-c2nccn2Cc2n[nH]c(=O)[nH]2)ccn1. The van der Waals surface area contributed by atoms with Crippen molar-refractivity contribution in [2.75, 3.05) is 7.11 Å². The van der Waals surface area contributed by atoms with E-state index in [9.17, 15) is 4.79 Å². The number of pyridine rings is 1. The van der Waals surface area contributed by atoms with Gasteiger partial charge in [-0.3, -0.25) is 4.98 Å². The Hall–Kier alpha value is -2.90. The van der Waals surface area contributed by atoms with Crippen LogP contribution >= 0.6 is 0 Å². The smallest absolute Gasteiger partial charge is 0.340 e. The fraction of sp³-hybridized carbons (Fsp3) is 0.167. The van der Waals surface area contributed by atoms with E-state index in [1.165, 1.54) is 0 Å². The third-order valence-corrected chi connectivity index (χ3v) is 2.79. The maximum Gasteiger partial charge on any atom is 0.340 e. The van der Waals surface area contributed by atoms with Gasteiger partial charge in [-0.25, -0.2) is 19.9 Å². The van der Waals surface area contributed by atoms with Gasteiger partial charge in [0.2, 0.25) is 5.88 Å². The van der Waals surface area contributed by atoms with Crippen LogP contribution in [0.5, 0.6) is 5.88 Å². The van der Waals surface area contributed by atoms with Crippen LogP contribution in [0.25, 0.3) is 11.4 Å². The number of hydrogen-bond donors (Lipinski definition) is 2. The van der Waals surface area contributed by atoms with E-state index in [1.54, 1.807) is 25.6 Å². The molecule has 0 saturated heterocycles. The number of aromatic nitrogens is 6. The van der Waals surface area contributed by atoms with Crippen LogP contribution in [0.2, 0.25) is 0 Å². The first-order chi connectivity index (χ1) is 9.76. The lowest BCUT2D eigenvalue weighted by atomic mass is 10.2. The van der Waals surface area contributed by atoms with Crippen LogP contribution in [-0.4, -0.2) is 36.8 Å². The third-order valence-electron chi connectivity index (χ3n) is 2.79. The van der Waals surface area contributed by atoms with Crippen LogP contribution in [0, 0.1) is 0 Å². The number of nitrogens with one attached hydrogen (secondary N) is 2. The van der Waals surface area contributed by atoms with Crippen molar-refractivity contribution < 1.29 is 4.74 Å². The van der Waals surface area contributed by atoms with Gasteiger partial charge in [-0.2, -0.15) is 5.10 Å². The van der Waals surface area contributed by atoms with Crippen LogP contribution in [0.1, 0.15) is 5.82 Å². The van der Waals surface area contributed by atoms with Gasteiger partial charge in [0.15, 0.2) is 5.82 Å². The summed E-state index contributed by atoms with van der Waals surface area (Å²) in [7, 11) is 1.56. The van der Waals surface area contributed by atoms with Gasteiger partial charge in [0.05, 0.1) is 13.7 Å². The second-order valence-corrected chi connectivity index (χ2v) is 4.09. The maximum atomic E-state index is 11.0. The predicted octanol–water partition coefficient (Wildman–Crippen LogP) is 0.413. The van der Waals surface area contributed by atoms with Crippen LogP contribution in [0.4, 0.5) is 0 Å². The number of methoxy groups -OCH3 is 1. The van der Waals surface area contributed by atoms with Crippen LogP contribution < -0.4 is 10.4 Å². The maximum absolute atomic E-state index is 11.0. The summed E-state index contributed by atoms with van der Waals surface area (Å²) in [6.07, 6.45) is 5.16. The molecule has 8 nitrogen and oxygen atoms in total. The van der Waals surface area contributed by atoms with Crippen molar-refractivity contribution in [2.45, 2.75) is 6.54 Å². The number of ether oxygens (including phenoxy) is 1. The molecule has 3 heterocycles. The average molecular weight is 272 g/mol. The zero-order valence-electron chi connectivity index (χ0n) is 10.7. The lowest BCUT2D eigenvalue weighted by Gasteiger charge is -2.06. The Morgan fingerprint density at radius 2 is 2.25 bits per heavy atom. The number of hydrogen-bond acceptors (Lipinski definition) is 5. The second kappa shape index (κ2) is 5.00. The van der Waals surface area contributed by atoms with Gasteiger partial charge in [0.25, 0.3) is 0 Å². The molecule has 3 aromatic heterocycles. The molecule has 0 aliphatic heterocycles. The van der Waals surface area contributed by atoms with E-state index in [0.717, 1.165) is 11.4 Å². The van der Waals surface area contributed by atoms with E-state index >= 15 is 0 Å². The number of aromatic amines is 2. The Morgan fingerprint density at radius 1 is 1.35 bits per heavy atom. The van der Waals surface area contributed by atoms with Crippen LogP contribution in [-0.2, 0) is 6.54 Å². The molecule has 3 rings (SSSR count). The standard InChI is InChI=1S/C12H12N6O2/c1-20-10-6-8(2-3-13-10)11-14-4-5-18(11)7-9-15-12(19)17-16-9/h2-6H,7H2,1H3,(H2,15,16,17,19). The molecule has 0 fully saturated rings. The van der Waals surface area contributed by atoms with Crippen molar-refractivity contribution in [2.24, 2.45) is 0 Å². The minimum absolute atomic E-state index is 0.327. The average Bonchev–Trinajstić information content (AvgIpc) is 3.08. The molecule has 0 aliphatic rings. The zero-order valence-corrected chi connectivity index (χ0v) is 10.7. The molecule has 8 heteroatoms. The largest absolute Gasteiger partial charge is 0.481 e. The number of H-pyrrole nitrogens is 2. The summed E-state index contributed by atoms with van der Waals surface area (Å²) in [5.74, 6) is 1.80. The number of imidazole rings is 1. The Bertz CT molecular complexity index is 772. The summed E-state index contributed by atoms with van der Waals surface area (Å²) < 4.78 is 6.98. The highest BCUT2D eigenvalue weighted by Crippen LogP contribution is 2.20. The highest BCUT2D eigenvalue weighted by molar-refractivity contribution is 5.56. The minimum atomic E-state index is -0.327. The Labute approximate surface area is 113 Å². The number of rotatable bonds is 4. The zero-order chi connectivity index (χ0) is 13.9. The van der Waals surface area contributed by atoms with E-state index < -0.39 is 0 Å². The van der Waals surface area contributed by atoms with Crippen molar-refractivity contribution in [3.63, 3.8) is 0 Å². The molecule has 0 aromatic carbocycles. The minimum Gasteiger partial charge on any atom is -0.481 e. The van der Waals surface area contributed by atoms with Gasteiger partial charge in [-0.1, -0.05) is 0 Å². The van der Waals surface area contributed by atoms with Gasteiger partial charge in [-0.15, -0.1) is 0 Å². The van der Waals surface area contributed by atoms with Gasteiger partial charge >= 0.3 is 5.69 Å². The first-order valence-corrected chi connectivity index (χ1v) is 5.91. The fourth-order valence-corrected chi connectivity index (χ4v) is 1.90. The lowest BCUT2D eigenvalue weighted by molar-refractivity contribution is 0.398. The molecule has 0 amide bonds. The van der Waals surface area contributed by atoms with Gasteiger partial charge in [-0.05, 0) is 6.07 Å². The molecule has 20 heavy (non-hydrogen) atoms. The lowest BCUT2D eigenvalue weighted by Crippen LogP contribution is -2.05. The molecule has 0 bridgehead atoms. The molecule has 0 radical (unpaired) electrons. The molecule has 0 unspecified atom stereocenters. The molecule has 102 valence electrons. The van der Waals surface area contributed by atoms with Crippen LogP contribution in [0.3, 0.4) is 0 Å². The topological polar surface area (TPSA) is 101 Å². The molecule has 0 atom stereocenters. The van der Waals surface area contributed by atoms with Gasteiger partial charge in [0.1, 0.15) is 5.82 Å². The van der Waals surface area contributed by atoms with E-state index in [1.807, 2.05) is 16.8 Å². The summed E-state index contributed by atoms with van der Waals surface area (Å²) in [4.78, 5) is 22.0. The summed E-state index contributed by atoms with van der Waals surface area (Å²) in [6.45, 7) is 0.415. The fourth-order valence-electron chi connectivity index (χ4n) is 1.90. The molecular weight excluding hydrogens is 260 g/mol. The van der Waals surface area contributed by atoms with Crippen molar-refractivity contribution >= 4 is 0 Å². The predicted molar refractivity (Wildman–Crippen MR) is 70.3 cm³/mol. The summed E-state index contributed by atoms with van der Waals surface area (Å²) >= 11 is 0. The Morgan fingerprint density at radius 3 is 3.00 bits per heavy atom. The first kappa shape index (κ1) is 12.2. The van der Waals surface area contributed by atoms with Crippen molar-refractivity contribution in [3.05, 3.63) is 47.0 Å². The number of nitrogens with zero attached hydrogens (tertiary/aromatic N) is 4. The van der Waals surface area contributed by atoms with E-state index in [4.69, 9.17) is 4.74 Å².